The minimum absolute atomic E-state index is 0.0746. The number of pyridine rings is 1. The average molecular weight is 435 g/mol. The van der Waals surface area contributed by atoms with Gasteiger partial charge in [0.25, 0.3) is 0 Å². The maximum atomic E-state index is 13.1. The van der Waals surface area contributed by atoms with Crippen molar-refractivity contribution in [3.05, 3.63) is 48.2 Å². The van der Waals surface area contributed by atoms with E-state index >= 15 is 0 Å². The molecule has 1 aromatic carbocycles. The number of carbonyl (C=O) groups is 2. The number of nitrogens with one attached hydrogen (secondary N) is 1. The first kappa shape index (κ1) is 21.7. The number of hydrogen-bond donors (Lipinski definition) is 1. The van der Waals surface area contributed by atoms with Crippen LogP contribution in [0.1, 0.15) is 31.7 Å². The molecule has 3 heterocycles. The van der Waals surface area contributed by atoms with E-state index in [-0.39, 0.29) is 23.7 Å². The molecule has 2 aliphatic heterocycles. The van der Waals surface area contributed by atoms with Crippen LogP contribution in [0.3, 0.4) is 0 Å². The van der Waals surface area contributed by atoms with E-state index in [9.17, 15) is 9.59 Å². The molecule has 1 unspecified atom stereocenters. The Labute approximate surface area is 187 Å². The number of nitrogens with zero attached hydrogens (tertiary/aromatic N) is 5. The Kier molecular flexibility index (Phi) is 6.35. The second kappa shape index (κ2) is 9.34. The van der Waals surface area contributed by atoms with Gasteiger partial charge in [-0.25, -0.2) is 14.8 Å². The highest BCUT2D eigenvalue weighted by molar-refractivity contribution is 6.02. The van der Waals surface area contributed by atoms with E-state index in [1.165, 1.54) is 6.92 Å². The van der Waals surface area contributed by atoms with Crippen molar-refractivity contribution >= 4 is 23.4 Å². The van der Waals surface area contributed by atoms with Gasteiger partial charge in [0, 0.05) is 57.7 Å². The van der Waals surface area contributed by atoms with E-state index in [1.807, 2.05) is 30.1 Å². The highest BCUT2D eigenvalue weighted by atomic mass is 16.6. The SMILES string of the molecule is CC(=O)N1c2ccc(C3CNN(CCC#N)C3)cc2N(C(=O)Oc2ccccn2)C[C@@H]1C. The third-order valence-electron chi connectivity index (χ3n) is 5.79. The van der Waals surface area contributed by atoms with Gasteiger partial charge < -0.3 is 9.64 Å². The fraction of sp³-hybridized carbons (Fsp3) is 0.391. The zero-order valence-electron chi connectivity index (χ0n) is 18.2. The molecule has 9 nitrogen and oxygen atoms in total. The number of ether oxygens (including phenoxy) is 1. The summed E-state index contributed by atoms with van der Waals surface area (Å²) in [6, 6.07) is 13.0. The minimum Gasteiger partial charge on any atom is -0.391 e. The topological polar surface area (TPSA) is 102 Å². The third-order valence-corrected chi connectivity index (χ3v) is 5.79. The minimum atomic E-state index is -0.530. The standard InChI is InChI=1S/C23H26N6O3/c1-16-14-28(23(31)32-22-6-3-4-10-25-22)21-12-18(7-8-20(21)29(16)17(2)30)19-13-26-27(15-19)11-5-9-24/h3-4,6-8,10,12,16,19,26H,5,11,13-15H2,1-2H3/t16-,19?/m0/s1. The molecule has 9 heteroatoms. The normalized spacial score (nSPS) is 20.5. The molecule has 1 aromatic heterocycles. The first-order chi connectivity index (χ1) is 15.5. The van der Waals surface area contributed by atoms with Crippen molar-refractivity contribution in [1.82, 2.24) is 15.4 Å². The molecule has 2 amide bonds. The number of amides is 2. The first-order valence-corrected chi connectivity index (χ1v) is 10.7. The number of benzene rings is 1. The molecule has 0 spiro atoms. The lowest BCUT2D eigenvalue weighted by Gasteiger charge is -2.40. The molecule has 166 valence electrons. The van der Waals surface area contributed by atoms with Crippen molar-refractivity contribution in [3.8, 4) is 11.9 Å². The summed E-state index contributed by atoms with van der Waals surface area (Å²) >= 11 is 0. The zero-order valence-corrected chi connectivity index (χ0v) is 18.2. The quantitative estimate of drug-likeness (QED) is 0.789. The molecule has 0 aliphatic carbocycles. The summed E-state index contributed by atoms with van der Waals surface area (Å²) in [4.78, 5) is 32.8. The van der Waals surface area contributed by atoms with Crippen molar-refractivity contribution in [2.75, 3.05) is 36.0 Å². The number of hydrazine groups is 1. The Balaban J connectivity index is 1.63. The van der Waals surface area contributed by atoms with Crippen LogP contribution in [0, 0.1) is 11.3 Å². The Morgan fingerprint density at radius 2 is 2.09 bits per heavy atom. The molecule has 4 rings (SSSR count). The van der Waals surface area contributed by atoms with Gasteiger partial charge in [-0.2, -0.15) is 5.26 Å². The van der Waals surface area contributed by atoms with E-state index in [1.54, 1.807) is 34.2 Å². The molecule has 32 heavy (non-hydrogen) atoms. The van der Waals surface area contributed by atoms with Crippen molar-refractivity contribution in [2.24, 2.45) is 0 Å². The van der Waals surface area contributed by atoms with Crippen LogP contribution in [0.5, 0.6) is 5.88 Å². The van der Waals surface area contributed by atoms with Crippen LogP contribution < -0.4 is 20.0 Å². The molecule has 2 aliphatic rings. The van der Waals surface area contributed by atoms with Gasteiger partial charge in [0.15, 0.2) is 0 Å². The molecule has 0 bridgehead atoms. The second-order valence-electron chi connectivity index (χ2n) is 8.05. The molecule has 1 fully saturated rings. The first-order valence-electron chi connectivity index (χ1n) is 10.7. The Morgan fingerprint density at radius 1 is 1.25 bits per heavy atom. The van der Waals surface area contributed by atoms with E-state index in [0.29, 0.717) is 30.9 Å². The largest absolute Gasteiger partial charge is 0.421 e. The summed E-state index contributed by atoms with van der Waals surface area (Å²) in [5.74, 6) is 0.359. The van der Waals surface area contributed by atoms with Gasteiger partial charge in [-0.15, -0.1) is 0 Å². The van der Waals surface area contributed by atoms with E-state index in [0.717, 1.165) is 18.7 Å². The smallest absolute Gasteiger partial charge is 0.391 e. The molecular formula is C23H26N6O3. The molecule has 2 aromatic rings. The second-order valence-corrected chi connectivity index (χ2v) is 8.05. The van der Waals surface area contributed by atoms with Gasteiger partial charge in [0.2, 0.25) is 11.8 Å². The Bertz CT molecular complexity index is 1040. The molecular weight excluding hydrogens is 408 g/mol. The fourth-order valence-corrected chi connectivity index (χ4v) is 4.31. The van der Waals surface area contributed by atoms with Gasteiger partial charge in [-0.1, -0.05) is 12.1 Å². The van der Waals surface area contributed by atoms with Crippen molar-refractivity contribution in [3.63, 3.8) is 0 Å². The molecule has 1 N–H and O–H groups in total. The monoisotopic (exact) mass is 434 g/mol. The van der Waals surface area contributed by atoms with E-state index < -0.39 is 6.09 Å². The summed E-state index contributed by atoms with van der Waals surface area (Å²) in [6.45, 7) is 5.94. The Hall–Kier alpha value is -3.48. The highest BCUT2D eigenvalue weighted by Gasteiger charge is 2.35. The lowest BCUT2D eigenvalue weighted by atomic mass is 9.97. The zero-order chi connectivity index (χ0) is 22.7. The predicted octanol–water partition coefficient (Wildman–Crippen LogP) is 2.66. The van der Waals surface area contributed by atoms with Crippen LogP contribution in [0.2, 0.25) is 0 Å². The average Bonchev–Trinajstić information content (AvgIpc) is 3.26. The maximum absolute atomic E-state index is 13.1. The molecule has 0 saturated carbocycles. The van der Waals surface area contributed by atoms with Crippen molar-refractivity contribution in [1.29, 1.82) is 5.26 Å². The number of hydrogen-bond acceptors (Lipinski definition) is 7. The van der Waals surface area contributed by atoms with Crippen LogP contribution in [0.15, 0.2) is 42.6 Å². The lowest BCUT2D eigenvalue weighted by Crippen LogP contribution is -2.52. The van der Waals surface area contributed by atoms with E-state index in [4.69, 9.17) is 10.00 Å². The highest BCUT2D eigenvalue weighted by Crippen LogP contribution is 2.38. The number of anilines is 2. The van der Waals surface area contributed by atoms with Crippen molar-refractivity contribution in [2.45, 2.75) is 32.2 Å². The van der Waals surface area contributed by atoms with Gasteiger partial charge in [-0.05, 0) is 30.7 Å². The number of rotatable bonds is 4. The lowest BCUT2D eigenvalue weighted by molar-refractivity contribution is -0.117. The molecule has 0 radical (unpaired) electrons. The summed E-state index contributed by atoms with van der Waals surface area (Å²) < 4.78 is 5.50. The van der Waals surface area contributed by atoms with Gasteiger partial charge in [0.1, 0.15) is 0 Å². The third kappa shape index (κ3) is 4.42. The summed E-state index contributed by atoms with van der Waals surface area (Å²) in [7, 11) is 0. The number of aromatic nitrogens is 1. The van der Waals surface area contributed by atoms with Crippen LogP contribution in [0.25, 0.3) is 0 Å². The predicted molar refractivity (Wildman–Crippen MR) is 119 cm³/mol. The van der Waals surface area contributed by atoms with E-state index in [2.05, 4.69) is 16.5 Å². The van der Waals surface area contributed by atoms with Crippen LogP contribution in [-0.4, -0.2) is 54.2 Å². The van der Waals surface area contributed by atoms with Gasteiger partial charge >= 0.3 is 6.09 Å². The number of carbonyl (C=O) groups excluding carboxylic acids is 2. The van der Waals surface area contributed by atoms with Crippen LogP contribution >= 0.6 is 0 Å². The Morgan fingerprint density at radius 3 is 2.81 bits per heavy atom. The van der Waals surface area contributed by atoms with Gasteiger partial charge in [0.05, 0.1) is 23.5 Å². The van der Waals surface area contributed by atoms with Crippen LogP contribution in [0.4, 0.5) is 16.2 Å². The summed E-state index contributed by atoms with van der Waals surface area (Å²) in [5.41, 5.74) is 5.72. The summed E-state index contributed by atoms with van der Waals surface area (Å²) in [5, 5.41) is 10.9. The maximum Gasteiger partial charge on any atom is 0.421 e. The number of nitriles is 1. The van der Waals surface area contributed by atoms with Crippen LogP contribution in [-0.2, 0) is 4.79 Å². The molecule has 1 saturated heterocycles. The summed E-state index contributed by atoms with van der Waals surface area (Å²) in [6.07, 6.45) is 1.50. The van der Waals surface area contributed by atoms with Crippen molar-refractivity contribution < 1.29 is 14.3 Å². The fourth-order valence-electron chi connectivity index (χ4n) is 4.31. The van der Waals surface area contributed by atoms with Gasteiger partial charge in [-0.3, -0.25) is 15.1 Å². The molecule has 2 atom stereocenters. The number of fused-ring (bicyclic) bond motifs is 1.